The van der Waals surface area contributed by atoms with E-state index in [0.717, 1.165) is 23.9 Å². The lowest BCUT2D eigenvalue weighted by atomic mass is 9.70. The number of hydrogen-bond donors (Lipinski definition) is 0. The van der Waals surface area contributed by atoms with Gasteiger partial charge in [0.05, 0.1) is 18.4 Å². The van der Waals surface area contributed by atoms with Crippen LogP contribution >= 0.6 is 15.9 Å². The number of methoxy groups -OCH3 is 1. The van der Waals surface area contributed by atoms with Gasteiger partial charge in [0.25, 0.3) is 0 Å². The summed E-state index contributed by atoms with van der Waals surface area (Å²) in [4.78, 5) is 17.4. The maximum absolute atomic E-state index is 12.2. The van der Waals surface area contributed by atoms with Gasteiger partial charge < -0.3 is 9.57 Å². The van der Waals surface area contributed by atoms with Crippen LogP contribution in [0.3, 0.4) is 0 Å². The molecule has 3 rings (SSSR count). The zero-order chi connectivity index (χ0) is 16.7. The number of benzene rings is 1. The normalized spacial score (nSPS) is 33.9. The number of oxime groups is 1. The second-order valence-corrected chi connectivity index (χ2v) is 7.53. The van der Waals surface area contributed by atoms with E-state index in [4.69, 9.17) is 9.57 Å². The minimum absolute atomic E-state index is 0.0152. The van der Waals surface area contributed by atoms with E-state index in [0.29, 0.717) is 17.2 Å². The van der Waals surface area contributed by atoms with Crippen LogP contribution < -0.4 is 4.74 Å². The first-order chi connectivity index (χ1) is 10.9. The van der Waals surface area contributed by atoms with Gasteiger partial charge in [-0.1, -0.05) is 34.9 Å². The lowest BCUT2D eigenvalue weighted by Crippen LogP contribution is -2.36. The van der Waals surface area contributed by atoms with Crippen molar-refractivity contribution in [1.82, 2.24) is 0 Å². The number of rotatable bonds is 4. The van der Waals surface area contributed by atoms with Gasteiger partial charge in [-0.15, -0.1) is 0 Å². The van der Waals surface area contributed by atoms with Crippen molar-refractivity contribution in [3.8, 4) is 5.75 Å². The molecule has 2 aliphatic carbocycles. The van der Waals surface area contributed by atoms with Crippen molar-refractivity contribution in [2.24, 2.45) is 21.9 Å². The van der Waals surface area contributed by atoms with Gasteiger partial charge in [0.15, 0.2) is 0 Å². The minimum Gasteiger partial charge on any atom is -0.497 e. The molecule has 3 atom stereocenters. The summed E-state index contributed by atoms with van der Waals surface area (Å²) < 4.78 is 5.09. The summed E-state index contributed by atoms with van der Waals surface area (Å²) in [6.07, 6.45) is 3.26. The summed E-state index contributed by atoms with van der Waals surface area (Å²) in [5, 5.41) is 5.21. The molecule has 1 aromatic carbocycles. The predicted molar refractivity (Wildman–Crippen MR) is 93.2 cm³/mol. The van der Waals surface area contributed by atoms with Gasteiger partial charge in [-0.05, 0) is 54.9 Å². The SMILES string of the molecule is COc1ccc(C(=O)O/N=C2\CC3CCC2(C)C3(C)CBr)cc1. The lowest BCUT2D eigenvalue weighted by Gasteiger charge is -2.36. The molecular weight excluding hydrogens is 358 g/mol. The molecule has 0 heterocycles. The molecule has 124 valence electrons. The van der Waals surface area contributed by atoms with Crippen molar-refractivity contribution in [2.75, 3.05) is 12.4 Å². The molecule has 0 N–H and O–H groups in total. The summed E-state index contributed by atoms with van der Waals surface area (Å²) in [5.41, 5.74) is 1.71. The Morgan fingerprint density at radius 1 is 1.35 bits per heavy atom. The van der Waals surface area contributed by atoms with E-state index in [1.165, 1.54) is 6.42 Å². The molecule has 0 aliphatic heterocycles. The number of ether oxygens (including phenoxy) is 1. The highest BCUT2D eigenvalue weighted by atomic mass is 79.9. The smallest absolute Gasteiger partial charge is 0.365 e. The summed E-state index contributed by atoms with van der Waals surface area (Å²) in [6, 6.07) is 6.86. The van der Waals surface area contributed by atoms with E-state index in [9.17, 15) is 4.79 Å². The summed E-state index contributed by atoms with van der Waals surface area (Å²) in [7, 11) is 1.59. The van der Waals surface area contributed by atoms with Gasteiger partial charge in [0.2, 0.25) is 0 Å². The van der Waals surface area contributed by atoms with Crippen molar-refractivity contribution in [3.05, 3.63) is 29.8 Å². The van der Waals surface area contributed by atoms with E-state index in [1.807, 2.05) is 0 Å². The molecule has 0 saturated heterocycles. The highest BCUT2D eigenvalue weighted by molar-refractivity contribution is 9.09. The van der Waals surface area contributed by atoms with Crippen LogP contribution in [0.1, 0.15) is 43.5 Å². The van der Waals surface area contributed by atoms with Gasteiger partial charge >= 0.3 is 5.97 Å². The van der Waals surface area contributed by atoms with Crippen LogP contribution in [0.4, 0.5) is 0 Å². The van der Waals surface area contributed by atoms with Gasteiger partial charge in [-0.25, -0.2) is 4.79 Å². The molecule has 2 fully saturated rings. The van der Waals surface area contributed by atoms with Crippen molar-refractivity contribution in [2.45, 2.75) is 33.1 Å². The van der Waals surface area contributed by atoms with Crippen molar-refractivity contribution in [3.63, 3.8) is 0 Å². The Morgan fingerprint density at radius 3 is 2.61 bits per heavy atom. The molecule has 0 aromatic heterocycles. The second-order valence-electron chi connectivity index (χ2n) is 6.97. The maximum atomic E-state index is 12.2. The van der Waals surface area contributed by atoms with Gasteiger partial charge in [0.1, 0.15) is 5.75 Å². The number of alkyl halides is 1. The molecule has 3 unspecified atom stereocenters. The van der Waals surface area contributed by atoms with Gasteiger partial charge in [-0.3, -0.25) is 0 Å². The first-order valence-corrected chi connectivity index (χ1v) is 9.05. The van der Waals surface area contributed by atoms with Gasteiger partial charge in [0, 0.05) is 10.7 Å². The second kappa shape index (κ2) is 5.93. The number of hydrogen-bond acceptors (Lipinski definition) is 4. The monoisotopic (exact) mass is 379 g/mol. The van der Waals surface area contributed by atoms with E-state index < -0.39 is 5.97 Å². The summed E-state index contributed by atoms with van der Waals surface area (Å²) in [6.45, 7) is 4.56. The van der Waals surface area contributed by atoms with E-state index in [-0.39, 0.29) is 10.8 Å². The zero-order valence-electron chi connectivity index (χ0n) is 13.8. The van der Waals surface area contributed by atoms with Gasteiger partial charge in [-0.2, -0.15) is 0 Å². The molecule has 0 spiro atoms. The zero-order valence-corrected chi connectivity index (χ0v) is 15.4. The Hall–Kier alpha value is -1.36. The number of halogens is 1. The fourth-order valence-electron chi connectivity index (χ4n) is 4.05. The van der Waals surface area contributed by atoms with Crippen molar-refractivity contribution < 1.29 is 14.4 Å². The van der Waals surface area contributed by atoms with Crippen LogP contribution in [-0.2, 0) is 4.84 Å². The third-order valence-electron chi connectivity index (χ3n) is 6.07. The Balaban J connectivity index is 1.74. The third kappa shape index (κ3) is 2.49. The average Bonchev–Trinajstić information content (AvgIpc) is 2.95. The van der Waals surface area contributed by atoms with Crippen molar-refractivity contribution in [1.29, 1.82) is 0 Å². The van der Waals surface area contributed by atoms with E-state index in [1.54, 1.807) is 31.4 Å². The Bertz CT molecular complexity index is 642. The number of carbonyl (C=O) groups excluding carboxylic acids is 1. The van der Waals surface area contributed by atoms with Crippen LogP contribution in [0.15, 0.2) is 29.4 Å². The lowest BCUT2D eigenvalue weighted by molar-refractivity contribution is 0.0508. The van der Waals surface area contributed by atoms with Crippen LogP contribution in [-0.4, -0.2) is 24.1 Å². The van der Waals surface area contributed by atoms with Crippen LogP contribution in [0.2, 0.25) is 0 Å². The molecule has 0 radical (unpaired) electrons. The van der Waals surface area contributed by atoms with E-state index in [2.05, 4.69) is 34.9 Å². The largest absolute Gasteiger partial charge is 0.497 e. The number of nitrogens with zero attached hydrogens (tertiary/aromatic N) is 1. The standard InChI is InChI=1S/C18H22BrNO3/c1-17-9-8-13(18(17,2)11-19)10-15(17)20-23-16(21)12-4-6-14(22-3)7-5-12/h4-7,13H,8-11H2,1-3H3/b20-15+. The number of carbonyl (C=O) groups is 1. The van der Waals surface area contributed by atoms with Crippen molar-refractivity contribution >= 4 is 27.6 Å². The molecule has 1 aromatic rings. The average molecular weight is 380 g/mol. The molecule has 4 nitrogen and oxygen atoms in total. The molecule has 23 heavy (non-hydrogen) atoms. The Labute approximate surface area is 145 Å². The first-order valence-electron chi connectivity index (χ1n) is 7.93. The Kier molecular flexibility index (Phi) is 4.25. The first kappa shape index (κ1) is 16.5. The third-order valence-corrected chi connectivity index (χ3v) is 7.24. The number of fused-ring (bicyclic) bond motifs is 2. The fourth-order valence-corrected chi connectivity index (χ4v) is 5.13. The highest BCUT2D eigenvalue weighted by Gasteiger charge is 2.62. The molecule has 2 saturated carbocycles. The molecule has 5 heteroatoms. The minimum atomic E-state index is -0.424. The van der Waals surface area contributed by atoms with Crippen LogP contribution in [0.5, 0.6) is 5.75 Å². The topological polar surface area (TPSA) is 47.9 Å². The van der Waals surface area contributed by atoms with E-state index >= 15 is 0 Å². The molecule has 2 bridgehead atoms. The van der Waals surface area contributed by atoms with Crippen LogP contribution in [0.25, 0.3) is 0 Å². The Morgan fingerprint density at radius 2 is 2.04 bits per heavy atom. The maximum Gasteiger partial charge on any atom is 0.365 e. The predicted octanol–water partition coefficient (Wildman–Crippen LogP) is 4.43. The molecular formula is C18H22BrNO3. The highest BCUT2D eigenvalue weighted by Crippen LogP contribution is 2.64. The fraction of sp³-hybridized carbons (Fsp3) is 0.556. The summed E-state index contributed by atoms with van der Waals surface area (Å²) >= 11 is 3.67. The molecule has 0 amide bonds. The summed E-state index contributed by atoms with van der Waals surface area (Å²) in [5.74, 6) is 0.902. The molecule has 2 aliphatic rings. The van der Waals surface area contributed by atoms with Crippen LogP contribution in [0, 0.1) is 16.7 Å². The quantitative estimate of drug-likeness (QED) is 0.441.